The zero-order valence-corrected chi connectivity index (χ0v) is 38.6. The average molecular weight is 906 g/mol. The Morgan fingerprint density at radius 2 is 1.50 bits per heavy atom. The normalized spacial score (nSPS) is 15.5. The number of nitrogens with two attached hydrogens (primary N) is 1. The molecule has 64 heavy (non-hydrogen) atoms. The summed E-state index contributed by atoms with van der Waals surface area (Å²) in [5.41, 5.74) is 6.40. The van der Waals surface area contributed by atoms with E-state index in [0.717, 1.165) is 19.3 Å². The van der Waals surface area contributed by atoms with E-state index in [0.29, 0.717) is 34.6 Å². The smallest absolute Gasteiger partial charge is 0.295 e. The van der Waals surface area contributed by atoms with Gasteiger partial charge in [-0.1, -0.05) is 97.4 Å². The SMILES string of the molecule is CCC(N)C(=O)C(=O)NC(=O)CN(C(=O)[C@H](CC1CCCCC1)NC(=O)[C@@H](NC(=O)[C@H](CC(C)C)NC(=O)c1cnccn1)[C@@H](C)CC)S(=O)(=O)c1cccc2c(N(C)C)cccc12. The molecule has 4 rings (SSSR count). The van der Waals surface area contributed by atoms with E-state index in [1.807, 2.05) is 19.2 Å². The van der Waals surface area contributed by atoms with Gasteiger partial charge >= 0.3 is 0 Å². The largest absolute Gasteiger partial charge is 0.377 e. The number of nitrogens with one attached hydrogen (secondary N) is 4. The lowest BCUT2D eigenvalue weighted by atomic mass is 9.84. The highest BCUT2D eigenvalue weighted by atomic mass is 32.2. The molecule has 1 saturated carbocycles. The second-order valence-electron chi connectivity index (χ2n) is 17.0. The first kappa shape index (κ1) is 50.8. The van der Waals surface area contributed by atoms with Crippen LogP contribution in [-0.2, 0) is 38.8 Å². The van der Waals surface area contributed by atoms with Crippen LogP contribution in [0.5, 0.6) is 0 Å². The van der Waals surface area contributed by atoms with Crippen molar-refractivity contribution in [3.63, 3.8) is 0 Å². The fourth-order valence-corrected chi connectivity index (χ4v) is 9.31. The molecular formula is C45H63N9O9S. The third-order valence-electron chi connectivity index (χ3n) is 11.5. The first-order valence-electron chi connectivity index (χ1n) is 21.9. The number of carbonyl (C=O) groups excluding carboxylic acids is 7. The van der Waals surface area contributed by atoms with Gasteiger partial charge in [0.1, 0.15) is 30.4 Å². The van der Waals surface area contributed by atoms with Crippen LogP contribution in [0.2, 0.25) is 0 Å². The fraction of sp³-hybridized carbons (Fsp3) is 0.533. The van der Waals surface area contributed by atoms with Crippen LogP contribution >= 0.6 is 0 Å². The molecule has 348 valence electrons. The van der Waals surface area contributed by atoms with Crippen molar-refractivity contribution < 1.29 is 42.0 Å². The number of imide groups is 1. The van der Waals surface area contributed by atoms with Gasteiger partial charge in [-0.15, -0.1) is 0 Å². The van der Waals surface area contributed by atoms with Crippen LogP contribution in [0.3, 0.4) is 0 Å². The second-order valence-corrected chi connectivity index (χ2v) is 18.9. The van der Waals surface area contributed by atoms with Crippen LogP contribution in [0.15, 0.2) is 59.9 Å². The first-order chi connectivity index (χ1) is 30.3. The van der Waals surface area contributed by atoms with E-state index in [1.165, 1.54) is 30.7 Å². The molecular weight excluding hydrogens is 843 g/mol. The number of nitrogens with zero attached hydrogens (tertiary/aromatic N) is 4. The lowest BCUT2D eigenvalue weighted by Gasteiger charge is -2.33. The van der Waals surface area contributed by atoms with Gasteiger partial charge in [-0.05, 0) is 49.1 Å². The Hall–Kier alpha value is -5.82. The predicted octanol–water partition coefficient (Wildman–Crippen LogP) is 2.99. The van der Waals surface area contributed by atoms with E-state index >= 15 is 4.79 Å². The summed E-state index contributed by atoms with van der Waals surface area (Å²) in [7, 11) is -1.40. The van der Waals surface area contributed by atoms with Crippen molar-refractivity contribution in [2.24, 2.45) is 23.5 Å². The van der Waals surface area contributed by atoms with Crippen LogP contribution in [-0.4, -0.2) is 109 Å². The predicted molar refractivity (Wildman–Crippen MR) is 241 cm³/mol. The number of Topliss-reactive ketones (excluding diaryl/α,β-unsaturated/α-hetero) is 1. The Bertz CT molecular complexity index is 2270. The van der Waals surface area contributed by atoms with Gasteiger partial charge in [0.05, 0.1) is 17.1 Å². The molecule has 1 aliphatic rings. The summed E-state index contributed by atoms with van der Waals surface area (Å²) in [5, 5.41) is 10.9. The van der Waals surface area contributed by atoms with Crippen molar-refractivity contribution in [1.82, 2.24) is 35.5 Å². The highest BCUT2D eigenvalue weighted by Gasteiger charge is 2.41. The van der Waals surface area contributed by atoms with E-state index in [9.17, 15) is 37.2 Å². The van der Waals surface area contributed by atoms with E-state index in [4.69, 9.17) is 5.73 Å². The van der Waals surface area contributed by atoms with Crippen molar-refractivity contribution >= 4 is 67.7 Å². The van der Waals surface area contributed by atoms with Crippen LogP contribution in [0, 0.1) is 17.8 Å². The highest BCUT2D eigenvalue weighted by Crippen LogP contribution is 2.33. The maximum atomic E-state index is 15.1. The van der Waals surface area contributed by atoms with Gasteiger partial charge in [-0.2, -0.15) is 0 Å². The van der Waals surface area contributed by atoms with Crippen LogP contribution < -0.4 is 31.9 Å². The maximum absolute atomic E-state index is 15.1. The van der Waals surface area contributed by atoms with Crippen molar-refractivity contribution in [2.75, 3.05) is 25.5 Å². The molecule has 2 aromatic carbocycles. The average Bonchev–Trinajstić information content (AvgIpc) is 3.28. The topological polar surface area (TPSA) is 260 Å². The summed E-state index contributed by atoms with van der Waals surface area (Å²) in [6.45, 7) is 7.60. The molecule has 0 spiro atoms. The molecule has 5 atom stereocenters. The minimum absolute atomic E-state index is 0.00733. The van der Waals surface area contributed by atoms with E-state index in [2.05, 4.69) is 25.9 Å². The van der Waals surface area contributed by atoms with E-state index < -0.39 is 87.9 Å². The molecule has 1 heterocycles. The van der Waals surface area contributed by atoms with Crippen molar-refractivity contribution in [2.45, 2.75) is 121 Å². The summed E-state index contributed by atoms with van der Waals surface area (Å²) in [6.07, 6.45) is 8.69. The molecule has 0 radical (unpaired) electrons. The van der Waals surface area contributed by atoms with Gasteiger partial charge in [0.15, 0.2) is 0 Å². The number of anilines is 1. The number of amides is 6. The standard InChI is InChI=1S/C45H63N9O9S/c1-8-28(5)39(52-41(57)33(23-27(3)4)49-42(58)35-25-47-21-22-48-35)43(59)50-34(24-29-15-11-10-12-16-29)45(61)54(26-38(55)51-44(60)40(56)32(46)9-2)64(62,63)37-20-14-17-30-31(37)18-13-19-36(30)53(6)7/h13-14,17-22,25,27-29,32-34,39H,8-12,15-16,23-24,26,46H2,1-7H3,(H,49,58)(H,50,59)(H,52,57)(H,51,55,60)/t28-,32?,33-,34-,39-/m0/s1. The number of sulfonamides is 1. The van der Waals surface area contributed by atoms with Crippen molar-refractivity contribution in [3.05, 3.63) is 60.7 Å². The molecule has 1 unspecified atom stereocenters. The van der Waals surface area contributed by atoms with Crippen LogP contribution in [0.25, 0.3) is 10.8 Å². The number of fused-ring (bicyclic) bond motifs is 1. The molecule has 0 saturated heterocycles. The minimum Gasteiger partial charge on any atom is -0.377 e. The summed E-state index contributed by atoms with van der Waals surface area (Å²) in [6, 6.07) is 4.40. The molecule has 3 aromatic rings. The number of benzene rings is 2. The lowest BCUT2D eigenvalue weighted by molar-refractivity contribution is -0.142. The van der Waals surface area contributed by atoms with Crippen molar-refractivity contribution in [1.29, 1.82) is 0 Å². The Morgan fingerprint density at radius 1 is 0.828 bits per heavy atom. The monoisotopic (exact) mass is 905 g/mol. The molecule has 0 aliphatic heterocycles. The Morgan fingerprint density at radius 3 is 2.11 bits per heavy atom. The van der Waals surface area contributed by atoms with Gasteiger partial charge in [0.25, 0.3) is 27.7 Å². The van der Waals surface area contributed by atoms with E-state index in [1.54, 1.807) is 64.0 Å². The van der Waals surface area contributed by atoms with Gasteiger partial charge in [0, 0.05) is 42.9 Å². The zero-order chi connectivity index (χ0) is 47.3. The van der Waals surface area contributed by atoms with Gasteiger partial charge < -0.3 is 26.6 Å². The van der Waals surface area contributed by atoms with E-state index in [-0.39, 0.29) is 47.1 Å². The highest BCUT2D eigenvalue weighted by molar-refractivity contribution is 7.90. The third kappa shape index (κ3) is 13.1. The Kier molecular flexibility index (Phi) is 18.4. The molecule has 19 heteroatoms. The molecule has 6 N–H and O–H groups in total. The molecule has 1 aliphatic carbocycles. The number of hydrogen-bond acceptors (Lipinski definition) is 13. The zero-order valence-electron chi connectivity index (χ0n) is 37.8. The lowest BCUT2D eigenvalue weighted by Crippen LogP contribution is -2.60. The molecule has 1 aromatic heterocycles. The molecule has 6 amide bonds. The minimum atomic E-state index is -4.97. The summed E-state index contributed by atoms with van der Waals surface area (Å²) < 4.78 is 30.3. The summed E-state index contributed by atoms with van der Waals surface area (Å²) in [4.78, 5) is 105. The van der Waals surface area contributed by atoms with Crippen molar-refractivity contribution in [3.8, 4) is 0 Å². The number of aromatic nitrogens is 2. The number of rotatable bonds is 21. The number of carbonyl (C=O) groups is 7. The fourth-order valence-electron chi connectivity index (χ4n) is 7.71. The molecule has 1 fully saturated rings. The Labute approximate surface area is 375 Å². The Balaban J connectivity index is 1.77. The number of ketones is 1. The van der Waals surface area contributed by atoms with Gasteiger partial charge in [-0.25, -0.2) is 17.7 Å². The maximum Gasteiger partial charge on any atom is 0.295 e. The van der Waals surface area contributed by atoms with Crippen LogP contribution in [0.1, 0.15) is 103 Å². The third-order valence-corrected chi connectivity index (χ3v) is 13.3. The molecule has 0 bridgehead atoms. The summed E-state index contributed by atoms with van der Waals surface area (Å²) >= 11 is 0. The quantitative estimate of drug-likeness (QED) is 0.0965. The molecule has 18 nitrogen and oxygen atoms in total. The van der Waals surface area contributed by atoms with Crippen LogP contribution in [0.4, 0.5) is 5.69 Å². The number of hydrogen-bond donors (Lipinski definition) is 5. The van der Waals surface area contributed by atoms with Gasteiger partial charge in [0.2, 0.25) is 23.5 Å². The first-order valence-corrected chi connectivity index (χ1v) is 23.3. The van der Waals surface area contributed by atoms with Gasteiger partial charge in [-0.3, -0.25) is 43.9 Å². The second kappa shape index (κ2) is 23.2. The summed E-state index contributed by atoms with van der Waals surface area (Å²) in [5.74, 6) is -7.74.